The quantitative estimate of drug-likeness (QED) is 0.675. The first-order chi connectivity index (χ1) is 10.1. The maximum Gasteiger partial charge on any atom is 0.337 e. The van der Waals surface area contributed by atoms with Gasteiger partial charge in [-0.1, -0.05) is 41.4 Å². The molecule has 2 aromatic carbocycles. The lowest BCUT2D eigenvalue weighted by molar-refractivity contribution is -0.142. The molecule has 0 fully saturated rings. The molecule has 2 N–H and O–H groups in total. The van der Waals surface area contributed by atoms with E-state index >= 15 is 0 Å². The van der Waals surface area contributed by atoms with Crippen LogP contribution in [0.5, 0.6) is 11.5 Å². The minimum Gasteiger partial charge on any atom is -0.454 e. The van der Waals surface area contributed by atoms with Crippen LogP contribution in [0.1, 0.15) is 12.5 Å². The Kier molecular flexibility index (Phi) is 5.48. The number of benzene rings is 2. The topological polar surface area (TPSA) is 44.0 Å². The Morgan fingerprint density at radius 3 is 2.48 bits per heavy atom. The smallest absolute Gasteiger partial charge is 0.337 e. The Hall–Kier alpha value is -1.71. The summed E-state index contributed by atoms with van der Waals surface area (Å²) in [5, 5.41) is 6.82. The van der Waals surface area contributed by atoms with Crippen molar-refractivity contribution in [2.45, 2.75) is 13.3 Å². The number of nitrogens with two attached hydrogens (primary N) is 1. The summed E-state index contributed by atoms with van der Waals surface area (Å²) >= 11 is 12.2. The van der Waals surface area contributed by atoms with E-state index in [0.29, 0.717) is 40.5 Å². The van der Waals surface area contributed by atoms with Crippen molar-refractivity contribution in [3.63, 3.8) is 0 Å². The van der Waals surface area contributed by atoms with Gasteiger partial charge >= 0.3 is 5.90 Å². The second-order valence-corrected chi connectivity index (χ2v) is 5.19. The first kappa shape index (κ1) is 15.7. The summed E-state index contributed by atoms with van der Waals surface area (Å²) in [6, 6.07) is 12.7. The van der Waals surface area contributed by atoms with Crippen LogP contribution in [-0.2, 0) is 11.2 Å². The molecule has 0 spiro atoms. The molecule has 0 amide bonds. The lowest BCUT2D eigenvalue weighted by Gasteiger charge is -2.10. The van der Waals surface area contributed by atoms with Crippen LogP contribution in [0.25, 0.3) is 0 Å². The Balaban J connectivity index is 2.19. The molecule has 110 valence electrons. The molecule has 0 aliphatic carbocycles. The van der Waals surface area contributed by atoms with Gasteiger partial charge < -0.3 is 9.47 Å². The molecule has 0 aliphatic rings. The zero-order valence-electron chi connectivity index (χ0n) is 11.6. The summed E-state index contributed by atoms with van der Waals surface area (Å²) in [6.07, 6.45) is 0.504. The minimum atomic E-state index is 0.462. The predicted octanol–water partition coefficient (Wildman–Crippen LogP) is 3.52. The zero-order chi connectivity index (χ0) is 15.2. The van der Waals surface area contributed by atoms with E-state index in [-0.39, 0.29) is 0 Å². The van der Waals surface area contributed by atoms with E-state index in [4.69, 9.17) is 38.1 Å². The van der Waals surface area contributed by atoms with E-state index in [1.807, 2.05) is 31.2 Å². The second-order valence-electron chi connectivity index (χ2n) is 4.37. The maximum atomic E-state index is 6.16. The average Bonchev–Trinajstić information content (AvgIpc) is 2.45. The van der Waals surface area contributed by atoms with Crippen LogP contribution in [0.4, 0.5) is 0 Å². The molecule has 0 aromatic heterocycles. The van der Waals surface area contributed by atoms with Crippen LogP contribution < -0.4 is 10.1 Å². The lowest BCUT2D eigenvalue weighted by Crippen LogP contribution is -2.42. The van der Waals surface area contributed by atoms with Crippen molar-refractivity contribution in [1.29, 1.82) is 0 Å². The molecule has 0 saturated heterocycles. The Bertz CT molecular complexity index is 644. The third-order valence-corrected chi connectivity index (χ3v) is 3.38. The van der Waals surface area contributed by atoms with E-state index in [1.54, 1.807) is 18.2 Å². The number of ether oxygens (including phenoxy) is 2. The molecule has 0 unspecified atom stereocenters. The van der Waals surface area contributed by atoms with Crippen LogP contribution in [0.3, 0.4) is 0 Å². The van der Waals surface area contributed by atoms with E-state index in [2.05, 4.69) is 0 Å². The molecule has 0 heterocycles. The second kappa shape index (κ2) is 7.34. The van der Waals surface area contributed by atoms with Crippen molar-refractivity contribution in [1.82, 2.24) is 0 Å². The lowest BCUT2D eigenvalue weighted by atomic mass is 10.1. The molecule has 3 nitrogen and oxygen atoms in total. The third kappa shape index (κ3) is 4.38. The largest absolute Gasteiger partial charge is 0.454 e. The molecule has 21 heavy (non-hydrogen) atoms. The van der Waals surface area contributed by atoms with Crippen molar-refractivity contribution in [2.75, 3.05) is 6.61 Å². The normalized spacial score (nSPS) is 10.2. The van der Waals surface area contributed by atoms with Crippen molar-refractivity contribution < 1.29 is 14.9 Å². The Morgan fingerprint density at radius 1 is 1.05 bits per heavy atom. The molecule has 0 aliphatic heterocycles. The van der Waals surface area contributed by atoms with Crippen LogP contribution in [-0.4, -0.2) is 12.5 Å². The van der Waals surface area contributed by atoms with Gasteiger partial charge in [-0.3, -0.25) is 0 Å². The maximum absolute atomic E-state index is 6.16. The first-order valence-electron chi connectivity index (χ1n) is 6.55. The van der Waals surface area contributed by atoms with Crippen molar-refractivity contribution in [2.24, 2.45) is 0 Å². The highest BCUT2D eigenvalue weighted by Crippen LogP contribution is 2.34. The standard InChI is InChI=1S/C16H15Cl2NO2/c1-2-20-16(19)10-11-7-8-13(18)15(9-11)21-14-6-4-3-5-12(14)17/h3-9,19H,2,10H2,1H3/p+1. The monoisotopic (exact) mass is 324 g/mol. The van der Waals surface area contributed by atoms with Gasteiger partial charge in [0.2, 0.25) is 0 Å². The van der Waals surface area contributed by atoms with Gasteiger partial charge in [-0.2, -0.15) is 0 Å². The Labute approximate surface area is 133 Å². The summed E-state index contributed by atoms with van der Waals surface area (Å²) in [6.45, 7) is 2.43. The number of hydrogen-bond donors (Lipinski definition) is 1. The highest BCUT2D eigenvalue weighted by Gasteiger charge is 2.11. The van der Waals surface area contributed by atoms with E-state index in [9.17, 15) is 0 Å². The van der Waals surface area contributed by atoms with E-state index in [1.165, 1.54) is 0 Å². The molecule has 2 rings (SSSR count). The molecular weight excluding hydrogens is 309 g/mol. The molecule has 0 atom stereocenters. The number of rotatable bonds is 5. The van der Waals surface area contributed by atoms with Gasteiger partial charge in [0.15, 0.2) is 0 Å². The highest BCUT2D eigenvalue weighted by atomic mass is 35.5. The van der Waals surface area contributed by atoms with Gasteiger partial charge in [0.25, 0.3) is 0 Å². The van der Waals surface area contributed by atoms with Crippen molar-refractivity contribution >= 4 is 29.1 Å². The predicted molar refractivity (Wildman–Crippen MR) is 85.2 cm³/mol. The van der Waals surface area contributed by atoms with Crippen LogP contribution in [0.2, 0.25) is 10.0 Å². The summed E-state index contributed by atoms with van der Waals surface area (Å²) in [7, 11) is 0. The fourth-order valence-electron chi connectivity index (χ4n) is 1.82. The summed E-state index contributed by atoms with van der Waals surface area (Å²) < 4.78 is 11.0. The average molecular weight is 325 g/mol. The van der Waals surface area contributed by atoms with Crippen LogP contribution >= 0.6 is 23.2 Å². The first-order valence-corrected chi connectivity index (χ1v) is 7.30. The molecule has 0 radical (unpaired) electrons. The molecule has 0 saturated carbocycles. The number of hydrogen-bond acceptors (Lipinski definition) is 2. The van der Waals surface area contributed by atoms with Gasteiger partial charge in [0.05, 0.1) is 23.1 Å². The van der Waals surface area contributed by atoms with E-state index < -0.39 is 0 Å². The number of halogens is 2. The molecule has 5 heteroatoms. The highest BCUT2D eigenvalue weighted by molar-refractivity contribution is 6.32. The van der Waals surface area contributed by atoms with Gasteiger partial charge in [0.1, 0.15) is 11.5 Å². The van der Waals surface area contributed by atoms with Crippen LogP contribution in [0.15, 0.2) is 42.5 Å². The Morgan fingerprint density at radius 2 is 1.76 bits per heavy atom. The fourth-order valence-corrected chi connectivity index (χ4v) is 2.15. The van der Waals surface area contributed by atoms with Gasteiger partial charge in [0, 0.05) is 0 Å². The van der Waals surface area contributed by atoms with Gasteiger partial charge in [-0.15, -0.1) is 0 Å². The van der Waals surface area contributed by atoms with Gasteiger partial charge in [-0.25, -0.2) is 5.41 Å². The molecular formula is C16H16Cl2NO2+. The zero-order valence-corrected chi connectivity index (χ0v) is 13.1. The molecule has 0 bridgehead atoms. The minimum absolute atomic E-state index is 0.462. The van der Waals surface area contributed by atoms with Crippen LogP contribution in [0, 0.1) is 0 Å². The summed E-state index contributed by atoms with van der Waals surface area (Å²) in [4.78, 5) is 0. The molecule has 2 aromatic rings. The van der Waals surface area contributed by atoms with Crippen molar-refractivity contribution in [3.05, 3.63) is 58.1 Å². The van der Waals surface area contributed by atoms with Crippen molar-refractivity contribution in [3.8, 4) is 11.5 Å². The SMILES string of the molecule is CCOC(=[NH2+])Cc1ccc(Cl)c(Oc2ccccc2Cl)c1. The number of para-hydroxylation sites is 1. The summed E-state index contributed by atoms with van der Waals surface area (Å²) in [5.74, 6) is 1.55. The fraction of sp³-hybridized carbons (Fsp3) is 0.188. The third-order valence-electron chi connectivity index (χ3n) is 2.76. The summed E-state index contributed by atoms with van der Waals surface area (Å²) in [5.41, 5.74) is 0.951. The van der Waals surface area contributed by atoms with Gasteiger partial charge in [-0.05, 0) is 36.8 Å². The van der Waals surface area contributed by atoms with E-state index in [0.717, 1.165) is 5.56 Å².